The zero-order valence-electron chi connectivity index (χ0n) is 14.2. The molecule has 12 aliphatic carbocycles. The summed E-state index contributed by atoms with van der Waals surface area (Å²) in [5, 5.41) is 0. The summed E-state index contributed by atoms with van der Waals surface area (Å²) in [6.45, 7) is 0. The summed E-state index contributed by atoms with van der Waals surface area (Å²) in [5.74, 6) is 19.0. The largest absolute Gasteiger partial charge is 0.377 e. The van der Waals surface area contributed by atoms with E-state index in [-0.39, 0.29) is 0 Å². The summed E-state index contributed by atoms with van der Waals surface area (Å²) in [5.41, 5.74) is 0.736. The number of hydrogen-bond acceptors (Lipinski definition) is 2. The molecule has 124 valence electrons. The second-order valence-corrected chi connectivity index (χ2v) is 12.2. The van der Waals surface area contributed by atoms with Gasteiger partial charge < -0.3 is 9.47 Å². The van der Waals surface area contributed by atoms with Crippen LogP contribution in [0.15, 0.2) is 0 Å². The summed E-state index contributed by atoms with van der Waals surface area (Å²) in [6.07, 6.45) is 0. The normalized spacial score (nSPS) is 98.2. The Bertz CT molecular complexity index is 714. The molecule has 0 radical (unpaired) electrons. The predicted molar refractivity (Wildman–Crippen MR) is 82.3 cm³/mol. The molecule has 0 heterocycles. The van der Waals surface area contributed by atoms with Crippen molar-refractivity contribution in [3.05, 3.63) is 0 Å². The van der Waals surface area contributed by atoms with Gasteiger partial charge in [-0.25, -0.2) is 0 Å². The minimum absolute atomic E-state index is 0.368. The summed E-state index contributed by atoms with van der Waals surface area (Å²) in [7, 11) is 4.27. The lowest BCUT2D eigenvalue weighted by molar-refractivity contribution is -0.117. The Balaban J connectivity index is 1.43. The molecule has 0 bridgehead atoms. The highest BCUT2D eigenvalue weighted by molar-refractivity contribution is 5.52. The van der Waals surface area contributed by atoms with Crippen molar-refractivity contribution < 1.29 is 9.47 Å². The molecule has 20 atom stereocenters. The molecule has 12 saturated carbocycles. The minimum atomic E-state index is 0.368. The first-order chi connectivity index (χ1) is 11.9. The van der Waals surface area contributed by atoms with Gasteiger partial charge >= 0.3 is 0 Å². The highest BCUT2D eigenvalue weighted by Gasteiger charge is 3.05. The summed E-state index contributed by atoms with van der Waals surface area (Å²) in [6, 6.07) is 0. The molecule has 2 heteroatoms. The fourth-order valence-electron chi connectivity index (χ4n) is 16.1. The van der Waals surface area contributed by atoms with Crippen molar-refractivity contribution in [3.8, 4) is 0 Å². The van der Waals surface area contributed by atoms with Gasteiger partial charge in [0.05, 0.1) is 11.2 Å². The van der Waals surface area contributed by atoms with Crippen molar-refractivity contribution in [2.75, 3.05) is 14.2 Å². The summed E-state index contributed by atoms with van der Waals surface area (Å²) in [4.78, 5) is 0. The molecule has 0 spiro atoms. The Morgan fingerprint density at radius 1 is 0.375 bits per heavy atom. The van der Waals surface area contributed by atoms with Crippen molar-refractivity contribution >= 4 is 0 Å². The Labute approximate surface area is 142 Å². The summed E-state index contributed by atoms with van der Waals surface area (Å²) >= 11 is 0. The zero-order valence-corrected chi connectivity index (χ0v) is 14.2. The molecule has 12 fully saturated rings. The minimum Gasteiger partial charge on any atom is -0.377 e. The van der Waals surface area contributed by atoms with Crippen LogP contribution in [0.25, 0.3) is 0 Å². The highest BCUT2D eigenvalue weighted by atomic mass is 16.5. The van der Waals surface area contributed by atoms with Crippen LogP contribution in [0.5, 0.6) is 0 Å². The highest BCUT2D eigenvalue weighted by Crippen LogP contribution is 3.03. The summed E-state index contributed by atoms with van der Waals surface area (Å²) < 4.78 is 13.5. The average Bonchev–Trinajstić information content (AvgIpc) is 3.27. The lowest BCUT2D eigenvalue weighted by Crippen LogP contribution is -2.48. The number of methoxy groups -OCH3 is 2. The van der Waals surface area contributed by atoms with Crippen LogP contribution < -0.4 is 0 Å². The number of ether oxygens (including phenoxy) is 2. The Morgan fingerprint density at radius 3 is 0.917 bits per heavy atom. The van der Waals surface area contributed by atoms with Crippen LogP contribution in [0.4, 0.5) is 0 Å². The quantitative estimate of drug-likeness (QED) is 0.775. The van der Waals surface area contributed by atoms with Crippen molar-refractivity contribution in [3.63, 3.8) is 0 Å². The maximum Gasteiger partial charge on any atom is 0.0779 e. The van der Waals surface area contributed by atoms with E-state index in [0.717, 1.165) is 107 Å². The number of hydrogen-bond donors (Lipinski definition) is 0. The molecule has 0 saturated heterocycles. The topological polar surface area (TPSA) is 18.5 Å². The lowest BCUT2D eigenvalue weighted by Gasteiger charge is -2.42. The van der Waals surface area contributed by atoms with E-state index in [2.05, 4.69) is 14.2 Å². The molecule has 8 unspecified atom stereocenters. The van der Waals surface area contributed by atoms with Crippen LogP contribution in [0.2, 0.25) is 0 Å². The van der Waals surface area contributed by atoms with Gasteiger partial charge in [0.1, 0.15) is 0 Å². The molecule has 24 heavy (non-hydrogen) atoms. The molecule has 0 amide bonds. The SMILES string of the molecule is COC12C3[C@@H]4C5C6[C@@H]3[C@@H]3[C@@H]7[C@@H]6C6[C@@H]5[C@@H]5[C@@H]4[C@@H]1C1C([C@@H]32)[C@@H]7C6(OC)[C@@H]15. The molecule has 0 aromatic rings. The van der Waals surface area contributed by atoms with Crippen LogP contribution in [0.1, 0.15) is 0 Å². The maximum atomic E-state index is 6.74. The Morgan fingerprint density at radius 2 is 0.625 bits per heavy atom. The maximum absolute atomic E-state index is 6.74. The number of rotatable bonds is 2. The molecule has 12 rings (SSSR count). The van der Waals surface area contributed by atoms with Gasteiger partial charge in [-0.3, -0.25) is 0 Å². The molecular weight excluding hydrogens is 296 g/mol. The van der Waals surface area contributed by atoms with Crippen molar-refractivity contribution in [2.24, 2.45) is 107 Å². The van der Waals surface area contributed by atoms with E-state index in [9.17, 15) is 0 Å². The predicted octanol–water partition coefficient (Wildman–Crippen LogP) is 2.00. The van der Waals surface area contributed by atoms with Gasteiger partial charge in [0, 0.05) is 14.2 Å². The first-order valence-corrected chi connectivity index (χ1v) is 11.0. The second-order valence-electron chi connectivity index (χ2n) is 12.2. The van der Waals surface area contributed by atoms with Crippen LogP contribution in [0, 0.1) is 107 Å². The first-order valence-electron chi connectivity index (χ1n) is 11.0. The standard InChI is InChI=1S/C22H24O2/c1-23-21-15-5-3-4-6(15)10-12-8(4)16-7(3)11-9(5)17(21)13-14(18(10)21)20(12)22(16,24-2)19(11)13/h3-20H,1-2H3/t3?,4?,5-,6-,7-,8+,9-,10-,11+,12-,13?,14?,15?,16?,17-,18-,19-,20-,21?,22?/m1/s1. The van der Waals surface area contributed by atoms with Crippen LogP contribution >= 0.6 is 0 Å². The third-order valence-electron chi connectivity index (χ3n) is 14.1. The molecule has 2 nitrogen and oxygen atoms in total. The Kier molecular flexibility index (Phi) is 1.09. The fourth-order valence-corrected chi connectivity index (χ4v) is 16.1. The van der Waals surface area contributed by atoms with Crippen molar-refractivity contribution in [1.29, 1.82) is 0 Å². The third-order valence-corrected chi connectivity index (χ3v) is 14.1. The van der Waals surface area contributed by atoms with E-state index < -0.39 is 0 Å². The van der Waals surface area contributed by atoms with Crippen molar-refractivity contribution in [1.82, 2.24) is 0 Å². The second kappa shape index (κ2) is 2.39. The Hall–Kier alpha value is -0.0800. The lowest BCUT2D eigenvalue weighted by atomic mass is 9.73. The van der Waals surface area contributed by atoms with Gasteiger partial charge in [0.25, 0.3) is 0 Å². The van der Waals surface area contributed by atoms with E-state index in [4.69, 9.17) is 9.47 Å². The van der Waals surface area contributed by atoms with E-state index >= 15 is 0 Å². The van der Waals surface area contributed by atoms with Gasteiger partial charge in [-0.05, 0) is 107 Å². The van der Waals surface area contributed by atoms with E-state index in [1.807, 2.05) is 0 Å². The molecule has 12 aliphatic rings. The van der Waals surface area contributed by atoms with Crippen LogP contribution in [-0.2, 0) is 9.47 Å². The molecule has 0 aromatic heterocycles. The molecular formula is C22H24O2. The van der Waals surface area contributed by atoms with Gasteiger partial charge in [0.15, 0.2) is 0 Å². The van der Waals surface area contributed by atoms with Gasteiger partial charge in [-0.2, -0.15) is 0 Å². The molecule has 0 aromatic carbocycles. The average molecular weight is 320 g/mol. The third kappa shape index (κ3) is 0.504. The molecule has 0 N–H and O–H groups in total. The van der Waals surface area contributed by atoms with Crippen LogP contribution in [0.3, 0.4) is 0 Å². The monoisotopic (exact) mass is 320 g/mol. The zero-order chi connectivity index (χ0) is 14.8. The van der Waals surface area contributed by atoms with Gasteiger partial charge in [-0.15, -0.1) is 0 Å². The fraction of sp³-hybridized carbons (Fsp3) is 1.00. The smallest absolute Gasteiger partial charge is 0.0779 e. The van der Waals surface area contributed by atoms with Crippen LogP contribution in [-0.4, -0.2) is 25.4 Å². The van der Waals surface area contributed by atoms with E-state index in [1.54, 1.807) is 0 Å². The van der Waals surface area contributed by atoms with E-state index in [0.29, 0.717) is 11.2 Å². The van der Waals surface area contributed by atoms with E-state index in [1.165, 1.54) is 0 Å². The van der Waals surface area contributed by atoms with Gasteiger partial charge in [0.2, 0.25) is 0 Å². The van der Waals surface area contributed by atoms with Crippen molar-refractivity contribution in [2.45, 2.75) is 11.2 Å². The molecule has 0 aliphatic heterocycles. The first kappa shape index (κ1) is 10.9. The van der Waals surface area contributed by atoms with Gasteiger partial charge in [-0.1, -0.05) is 0 Å².